The maximum atomic E-state index is 12.8. The Morgan fingerprint density at radius 3 is 2.55 bits per heavy atom. The average molecular weight is 304 g/mol. The minimum atomic E-state index is -0.584. The number of methoxy groups -OCH3 is 1. The third kappa shape index (κ3) is 3.57. The van der Waals surface area contributed by atoms with Gasteiger partial charge in [-0.25, -0.2) is 9.18 Å². The molecule has 0 bridgehead atoms. The van der Waals surface area contributed by atoms with E-state index in [0.29, 0.717) is 0 Å². The summed E-state index contributed by atoms with van der Waals surface area (Å²) >= 11 is 0. The lowest BCUT2D eigenvalue weighted by Gasteiger charge is -2.09. The molecule has 0 aliphatic rings. The van der Waals surface area contributed by atoms with Crippen LogP contribution in [0.2, 0.25) is 0 Å². The smallest absolute Gasteiger partial charge is 0.337 e. The summed E-state index contributed by atoms with van der Waals surface area (Å²) in [6, 6.07) is 9.66. The Bertz CT molecular complexity index is 701. The fourth-order valence-corrected chi connectivity index (χ4v) is 1.88. The fourth-order valence-electron chi connectivity index (χ4n) is 1.88. The van der Waals surface area contributed by atoms with E-state index in [1.165, 1.54) is 37.4 Å². The number of anilines is 1. The highest BCUT2D eigenvalue weighted by Crippen LogP contribution is 2.26. The molecule has 2 aromatic carbocycles. The Labute approximate surface area is 125 Å². The predicted octanol–water partition coefficient (Wildman–Crippen LogP) is 3.13. The lowest BCUT2D eigenvalue weighted by molar-refractivity contribution is -0.384. The number of ether oxygens (including phenoxy) is 1. The molecule has 0 saturated heterocycles. The first-order valence-electron chi connectivity index (χ1n) is 6.36. The van der Waals surface area contributed by atoms with E-state index in [0.717, 1.165) is 5.56 Å². The molecule has 0 radical (unpaired) electrons. The van der Waals surface area contributed by atoms with Crippen molar-refractivity contribution in [1.29, 1.82) is 0 Å². The quantitative estimate of drug-likeness (QED) is 0.521. The molecule has 0 fully saturated rings. The number of hydrogen-bond acceptors (Lipinski definition) is 5. The molecule has 0 heterocycles. The highest BCUT2D eigenvalue weighted by atomic mass is 19.1. The van der Waals surface area contributed by atoms with Crippen LogP contribution in [0.5, 0.6) is 0 Å². The maximum absolute atomic E-state index is 12.8. The van der Waals surface area contributed by atoms with Gasteiger partial charge in [0, 0.05) is 12.6 Å². The zero-order valence-electron chi connectivity index (χ0n) is 11.7. The van der Waals surface area contributed by atoms with Gasteiger partial charge in [-0.05, 0) is 29.8 Å². The van der Waals surface area contributed by atoms with Gasteiger partial charge in [0.25, 0.3) is 5.69 Å². The number of nitro benzene ring substituents is 1. The summed E-state index contributed by atoms with van der Waals surface area (Å²) in [6.07, 6.45) is 0. The number of esters is 1. The highest BCUT2D eigenvalue weighted by molar-refractivity contribution is 5.91. The summed E-state index contributed by atoms with van der Waals surface area (Å²) in [5.41, 5.74) is 0.987. The van der Waals surface area contributed by atoms with E-state index >= 15 is 0 Å². The molecule has 22 heavy (non-hydrogen) atoms. The van der Waals surface area contributed by atoms with Crippen molar-refractivity contribution < 1.29 is 18.8 Å². The number of halogens is 1. The van der Waals surface area contributed by atoms with Gasteiger partial charge in [-0.1, -0.05) is 12.1 Å². The van der Waals surface area contributed by atoms with Gasteiger partial charge in [0.05, 0.1) is 17.6 Å². The topological polar surface area (TPSA) is 81.5 Å². The summed E-state index contributed by atoms with van der Waals surface area (Å²) in [5.74, 6) is -0.942. The third-order valence-corrected chi connectivity index (χ3v) is 3.01. The molecule has 0 aliphatic carbocycles. The van der Waals surface area contributed by atoms with Gasteiger partial charge >= 0.3 is 5.97 Å². The molecule has 6 nitrogen and oxygen atoms in total. The van der Waals surface area contributed by atoms with Gasteiger partial charge in [-0.3, -0.25) is 10.1 Å². The molecule has 0 atom stereocenters. The van der Waals surface area contributed by atoms with E-state index in [1.807, 2.05) is 0 Å². The first kappa shape index (κ1) is 15.4. The van der Waals surface area contributed by atoms with Crippen LogP contribution in [0.3, 0.4) is 0 Å². The molecule has 0 saturated carbocycles. The lowest BCUT2D eigenvalue weighted by atomic mass is 10.1. The summed E-state index contributed by atoms with van der Waals surface area (Å²) in [7, 11) is 1.23. The molecule has 0 amide bonds. The van der Waals surface area contributed by atoms with Gasteiger partial charge in [-0.15, -0.1) is 0 Å². The molecule has 2 rings (SSSR count). The Morgan fingerprint density at radius 2 is 1.95 bits per heavy atom. The van der Waals surface area contributed by atoms with Crippen molar-refractivity contribution in [2.24, 2.45) is 0 Å². The summed E-state index contributed by atoms with van der Waals surface area (Å²) in [6.45, 7) is 0.256. The molecule has 0 unspecified atom stereocenters. The monoisotopic (exact) mass is 304 g/mol. The van der Waals surface area contributed by atoms with Crippen LogP contribution in [0.4, 0.5) is 15.8 Å². The number of carbonyl (C=O) groups excluding carboxylic acids is 1. The lowest BCUT2D eigenvalue weighted by Crippen LogP contribution is -2.06. The number of rotatable bonds is 5. The summed E-state index contributed by atoms with van der Waals surface area (Å²) in [4.78, 5) is 22.0. The van der Waals surface area contributed by atoms with E-state index in [2.05, 4.69) is 10.1 Å². The van der Waals surface area contributed by atoms with Crippen molar-refractivity contribution in [3.8, 4) is 0 Å². The van der Waals surface area contributed by atoms with E-state index in [-0.39, 0.29) is 29.3 Å². The van der Waals surface area contributed by atoms with Gasteiger partial charge in [-0.2, -0.15) is 0 Å². The minimum Gasteiger partial charge on any atom is -0.465 e. The molecule has 1 N–H and O–H groups in total. The van der Waals surface area contributed by atoms with Gasteiger partial charge in [0.15, 0.2) is 0 Å². The second kappa shape index (κ2) is 6.66. The second-order valence-corrected chi connectivity index (χ2v) is 4.46. The molecular formula is C15H13FN2O4. The highest BCUT2D eigenvalue weighted by Gasteiger charge is 2.17. The summed E-state index contributed by atoms with van der Waals surface area (Å²) in [5, 5.41) is 13.9. The number of carbonyl (C=O) groups is 1. The number of hydrogen-bond donors (Lipinski definition) is 1. The molecule has 114 valence electrons. The number of nitrogens with one attached hydrogen (secondary N) is 1. The van der Waals surface area contributed by atoms with Crippen molar-refractivity contribution in [3.63, 3.8) is 0 Å². The molecule has 0 aliphatic heterocycles. The number of benzene rings is 2. The Morgan fingerprint density at radius 1 is 1.27 bits per heavy atom. The predicted molar refractivity (Wildman–Crippen MR) is 78.2 cm³/mol. The van der Waals surface area contributed by atoms with Crippen LogP contribution >= 0.6 is 0 Å². The molecule has 2 aromatic rings. The van der Waals surface area contributed by atoms with Crippen LogP contribution in [-0.4, -0.2) is 18.0 Å². The first-order chi connectivity index (χ1) is 10.5. The molecule has 7 heteroatoms. The number of nitro groups is 1. The molecular weight excluding hydrogens is 291 g/mol. The Hall–Kier alpha value is -2.96. The molecule has 0 spiro atoms. The van der Waals surface area contributed by atoms with Crippen LogP contribution in [0.1, 0.15) is 15.9 Å². The van der Waals surface area contributed by atoms with Crippen molar-refractivity contribution >= 4 is 17.3 Å². The van der Waals surface area contributed by atoms with Crippen LogP contribution in [0.25, 0.3) is 0 Å². The SMILES string of the molecule is COC(=O)c1ccc([N+](=O)[O-])c(NCc2ccc(F)cc2)c1. The minimum absolute atomic E-state index is 0.158. The molecule has 0 aromatic heterocycles. The normalized spacial score (nSPS) is 10.1. The van der Waals surface area contributed by atoms with Crippen LogP contribution in [-0.2, 0) is 11.3 Å². The maximum Gasteiger partial charge on any atom is 0.337 e. The zero-order chi connectivity index (χ0) is 16.1. The van der Waals surface area contributed by atoms with Gasteiger partial charge < -0.3 is 10.1 Å². The van der Waals surface area contributed by atoms with Gasteiger partial charge in [0.1, 0.15) is 11.5 Å². The van der Waals surface area contributed by atoms with Gasteiger partial charge in [0.2, 0.25) is 0 Å². The largest absolute Gasteiger partial charge is 0.465 e. The average Bonchev–Trinajstić information content (AvgIpc) is 2.53. The van der Waals surface area contributed by atoms with E-state index in [9.17, 15) is 19.3 Å². The first-order valence-corrected chi connectivity index (χ1v) is 6.36. The Balaban J connectivity index is 2.24. The standard InChI is InChI=1S/C15H13FN2O4/c1-22-15(19)11-4-7-14(18(20)21)13(8-11)17-9-10-2-5-12(16)6-3-10/h2-8,17H,9H2,1H3. The fraction of sp³-hybridized carbons (Fsp3) is 0.133. The third-order valence-electron chi connectivity index (χ3n) is 3.01. The second-order valence-electron chi connectivity index (χ2n) is 4.46. The van der Waals surface area contributed by atoms with E-state index < -0.39 is 10.9 Å². The van der Waals surface area contributed by atoms with Crippen molar-refractivity contribution in [1.82, 2.24) is 0 Å². The van der Waals surface area contributed by atoms with Crippen LogP contribution < -0.4 is 5.32 Å². The van der Waals surface area contributed by atoms with E-state index in [4.69, 9.17) is 0 Å². The summed E-state index contributed by atoms with van der Waals surface area (Å²) < 4.78 is 17.4. The van der Waals surface area contributed by atoms with Crippen LogP contribution in [0, 0.1) is 15.9 Å². The number of nitrogens with zero attached hydrogens (tertiary/aromatic N) is 1. The van der Waals surface area contributed by atoms with Crippen molar-refractivity contribution in [2.45, 2.75) is 6.54 Å². The van der Waals surface area contributed by atoms with Crippen molar-refractivity contribution in [3.05, 3.63) is 69.5 Å². The zero-order valence-corrected chi connectivity index (χ0v) is 11.7. The van der Waals surface area contributed by atoms with Crippen molar-refractivity contribution in [2.75, 3.05) is 12.4 Å². The Kier molecular flexibility index (Phi) is 4.67. The van der Waals surface area contributed by atoms with Crippen LogP contribution in [0.15, 0.2) is 42.5 Å². The van der Waals surface area contributed by atoms with E-state index in [1.54, 1.807) is 12.1 Å².